The summed E-state index contributed by atoms with van der Waals surface area (Å²) in [6, 6.07) is 0.942. The highest BCUT2D eigenvalue weighted by atomic mass is 79.9. The van der Waals surface area contributed by atoms with Gasteiger partial charge in [-0.3, -0.25) is 0 Å². The van der Waals surface area contributed by atoms with Crippen molar-refractivity contribution in [1.82, 2.24) is 4.72 Å². The first-order valence-corrected chi connectivity index (χ1v) is 6.73. The van der Waals surface area contributed by atoms with Crippen LogP contribution < -0.4 is 4.72 Å². The third kappa shape index (κ3) is 2.28. The first-order valence-electron chi connectivity index (χ1n) is 4.45. The highest BCUT2D eigenvalue weighted by molar-refractivity contribution is 9.10. The second kappa shape index (κ2) is 3.86. The minimum atomic E-state index is -3.69. The van der Waals surface area contributed by atoms with Gasteiger partial charge in [0.2, 0.25) is 15.8 Å². The molecule has 1 aromatic rings. The van der Waals surface area contributed by atoms with Crippen LogP contribution in [0.5, 0.6) is 0 Å². The molecule has 0 saturated heterocycles. The first-order chi connectivity index (χ1) is 7.40. The number of sulfonamides is 1. The molecule has 8 heteroatoms. The number of hydrogen-bond acceptors (Lipinski definition) is 4. The minimum absolute atomic E-state index is 0.0416. The summed E-state index contributed by atoms with van der Waals surface area (Å²) in [4.78, 5) is 10.4. The largest absolute Gasteiger partial charge is 0.475 e. The number of carboxylic acid groups (broad SMARTS) is 1. The molecule has 0 unspecified atom stereocenters. The summed E-state index contributed by atoms with van der Waals surface area (Å²) in [7, 11) is -3.69. The normalized spacial score (nSPS) is 16.3. The van der Waals surface area contributed by atoms with Gasteiger partial charge in [0.1, 0.15) is 4.90 Å². The zero-order valence-corrected chi connectivity index (χ0v) is 10.3. The van der Waals surface area contributed by atoms with Crippen molar-refractivity contribution in [2.24, 2.45) is 0 Å². The van der Waals surface area contributed by atoms with E-state index in [1.54, 1.807) is 0 Å². The minimum Gasteiger partial charge on any atom is -0.475 e. The van der Waals surface area contributed by atoms with E-state index in [1.807, 2.05) is 0 Å². The maximum atomic E-state index is 11.7. The van der Waals surface area contributed by atoms with Crippen LogP contribution in [0.25, 0.3) is 0 Å². The van der Waals surface area contributed by atoms with Gasteiger partial charge in [-0.2, -0.15) is 0 Å². The molecule has 0 aliphatic heterocycles. The van der Waals surface area contributed by atoms with Crippen LogP contribution in [-0.2, 0) is 10.0 Å². The van der Waals surface area contributed by atoms with Crippen molar-refractivity contribution in [3.8, 4) is 0 Å². The fourth-order valence-corrected chi connectivity index (χ4v) is 3.37. The van der Waals surface area contributed by atoms with E-state index in [4.69, 9.17) is 9.52 Å². The highest BCUT2D eigenvalue weighted by Crippen LogP contribution is 2.28. The fourth-order valence-electron chi connectivity index (χ4n) is 1.12. The summed E-state index contributed by atoms with van der Waals surface area (Å²) >= 11 is 2.88. The lowest BCUT2D eigenvalue weighted by atomic mass is 10.5. The maximum Gasteiger partial charge on any atom is 0.371 e. The number of furan rings is 1. The van der Waals surface area contributed by atoms with Crippen LogP contribution >= 0.6 is 15.9 Å². The molecule has 0 spiro atoms. The molecular weight excluding hydrogens is 302 g/mol. The molecule has 88 valence electrons. The van der Waals surface area contributed by atoms with Crippen molar-refractivity contribution in [2.45, 2.75) is 23.8 Å². The van der Waals surface area contributed by atoms with Gasteiger partial charge in [0.05, 0.1) is 0 Å². The Morgan fingerprint density at radius 2 is 2.19 bits per heavy atom. The van der Waals surface area contributed by atoms with Crippen molar-refractivity contribution in [3.05, 3.63) is 16.5 Å². The quantitative estimate of drug-likeness (QED) is 0.870. The number of carbonyl (C=O) groups is 1. The van der Waals surface area contributed by atoms with E-state index in [2.05, 4.69) is 20.7 Å². The van der Waals surface area contributed by atoms with Crippen molar-refractivity contribution in [1.29, 1.82) is 0 Å². The highest BCUT2D eigenvalue weighted by Gasteiger charge is 2.31. The van der Waals surface area contributed by atoms with E-state index in [0.29, 0.717) is 0 Å². The smallest absolute Gasteiger partial charge is 0.371 e. The van der Waals surface area contributed by atoms with Gasteiger partial charge in [0.25, 0.3) is 0 Å². The van der Waals surface area contributed by atoms with Crippen LogP contribution in [0.4, 0.5) is 0 Å². The second-order valence-electron chi connectivity index (χ2n) is 3.45. The number of rotatable bonds is 4. The predicted molar refractivity (Wildman–Crippen MR) is 56.7 cm³/mol. The summed E-state index contributed by atoms with van der Waals surface area (Å²) < 4.78 is 30.6. The third-order valence-corrected chi connectivity index (χ3v) is 4.43. The van der Waals surface area contributed by atoms with Crippen LogP contribution in [-0.4, -0.2) is 25.5 Å². The summed E-state index contributed by atoms with van der Waals surface area (Å²) in [6.07, 6.45) is 1.61. The summed E-state index contributed by atoms with van der Waals surface area (Å²) in [5.74, 6) is -1.73. The van der Waals surface area contributed by atoms with Gasteiger partial charge in [-0.15, -0.1) is 0 Å². The predicted octanol–water partition coefficient (Wildman–Crippen LogP) is 1.18. The third-order valence-electron chi connectivity index (χ3n) is 2.05. The Bertz CT molecular complexity index is 531. The van der Waals surface area contributed by atoms with Crippen molar-refractivity contribution < 1.29 is 22.7 Å². The lowest BCUT2D eigenvalue weighted by molar-refractivity contribution is 0.0661. The van der Waals surface area contributed by atoms with E-state index >= 15 is 0 Å². The molecule has 6 nitrogen and oxygen atoms in total. The van der Waals surface area contributed by atoms with Crippen LogP contribution in [0.3, 0.4) is 0 Å². The number of hydrogen-bond donors (Lipinski definition) is 2. The lowest BCUT2D eigenvalue weighted by Crippen LogP contribution is -2.25. The summed E-state index contributed by atoms with van der Waals surface area (Å²) in [5.41, 5.74) is 0. The molecular formula is C8H8BrNO5S. The standard InChI is InChI=1S/C8H8BrNO5S/c9-7-6(3-5(15-7)8(11)12)16(13,14)10-4-1-2-4/h3-4,10H,1-2H2,(H,11,12). The van der Waals surface area contributed by atoms with Crippen LogP contribution in [0, 0.1) is 0 Å². The van der Waals surface area contributed by atoms with Gasteiger partial charge in [0, 0.05) is 12.1 Å². The van der Waals surface area contributed by atoms with E-state index in [-0.39, 0.29) is 15.6 Å². The zero-order chi connectivity index (χ0) is 11.9. The molecule has 0 aromatic carbocycles. The van der Waals surface area contributed by atoms with E-state index in [0.717, 1.165) is 18.9 Å². The summed E-state index contributed by atoms with van der Waals surface area (Å²) in [6.45, 7) is 0. The Morgan fingerprint density at radius 3 is 2.62 bits per heavy atom. The Labute approximate surface area is 99.8 Å². The number of aromatic carboxylic acids is 1. The van der Waals surface area contributed by atoms with Gasteiger partial charge >= 0.3 is 5.97 Å². The van der Waals surface area contributed by atoms with Crippen LogP contribution in [0.15, 0.2) is 20.0 Å². The molecule has 1 aromatic heterocycles. The molecule has 0 radical (unpaired) electrons. The van der Waals surface area contributed by atoms with Crippen LogP contribution in [0.1, 0.15) is 23.4 Å². The SMILES string of the molecule is O=C(O)c1cc(S(=O)(=O)NC2CC2)c(Br)o1. The Hall–Kier alpha value is -0.860. The molecule has 1 saturated carbocycles. The Kier molecular flexibility index (Phi) is 2.81. The number of carboxylic acids is 1. The molecule has 1 aliphatic carbocycles. The molecule has 0 atom stereocenters. The molecule has 1 heterocycles. The van der Waals surface area contributed by atoms with E-state index in [1.165, 1.54) is 0 Å². The Balaban J connectivity index is 2.34. The number of halogens is 1. The molecule has 0 amide bonds. The first kappa shape index (κ1) is 11.6. The Morgan fingerprint density at radius 1 is 1.56 bits per heavy atom. The van der Waals surface area contributed by atoms with Gasteiger partial charge < -0.3 is 9.52 Å². The molecule has 2 N–H and O–H groups in total. The molecule has 1 aliphatic rings. The van der Waals surface area contributed by atoms with Gasteiger partial charge in [-0.1, -0.05) is 0 Å². The summed E-state index contributed by atoms with van der Waals surface area (Å²) in [5, 5.41) is 8.65. The van der Waals surface area contributed by atoms with Crippen molar-refractivity contribution in [2.75, 3.05) is 0 Å². The van der Waals surface area contributed by atoms with E-state index in [9.17, 15) is 13.2 Å². The van der Waals surface area contributed by atoms with Gasteiger partial charge in [-0.05, 0) is 28.8 Å². The monoisotopic (exact) mass is 309 g/mol. The average molecular weight is 310 g/mol. The van der Waals surface area contributed by atoms with Crippen molar-refractivity contribution in [3.63, 3.8) is 0 Å². The fraction of sp³-hybridized carbons (Fsp3) is 0.375. The molecule has 0 bridgehead atoms. The maximum absolute atomic E-state index is 11.7. The molecule has 2 rings (SSSR count). The van der Waals surface area contributed by atoms with E-state index < -0.39 is 21.8 Å². The second-order valence-corrected chi connectivity index (χ2v) is 5.85. The number of nitrogens with one attached hydrogen (secondary N) is 1. The average Bonchev–Trinajstić information content (AvgIpc) is 2.84. The van der Waals surface area contributed by atoms with Crippen LogP contribution in [0.2, 0.25) is 0 Å². The van der Waals surface area contributed by atoms with Gasteiger partial charge in [0.15, 0.2) is 4.67 Å². The molecule has 1 fully saturated rings. The van der Waals surface area contributed by atoms with Gasteiger partial charge in [-0.25, -0.2) is 17.9 Å². The topological polar surface area (TPSA) is 96.6 Å². The molecule has 16 heavy (non-hydrogen) atoms. The lowest BCUT2D eigenvalue weighted by Gasteiger charge is -2.01. The van der Waals surface area contributed by atoms with Crippen molar-refractivity contribution >= 4 is 31.9 Å². The zero-order valence-electron chi connectivity index (χ0n) is 7.94.